The summed E-state index contributed by atoms with van der Waals surface area (Å²) in [6.07, 6.45) is 3.26. The number of rotatable bonds is 2. The number of amides is 1. The van der Waals surface area contributed by atoms with Crippen molar-refractivity contribution in [2.45, 2.75) is 31.9 Å². The van der Waals surface area contributed by atoms with E-state index in [4.69, 9.17) is 4.74 Å². The normalized spacial score (nSPS) is 20.2. The van der Waals surface area contributed by atoms with Crippen LogP contribution in [-0.2, 0) is 17.7 Å². The van der Waals surface area contributed by atoms with Crippen LogP contribution in [-0.4, -0.2) is 28.9 Å². The second kappa shape index (κ2) is 6.00. The Morgan fingerprint density at radius 3 is 3.04 bits per heavy atom. The van der Waals surface area contributed by atoms with Gasteiger partial charge in [-0.25, -0.2) is 0 Å². The molecular weight excluding hydrogens is 332 g/mol. The van der Waals surface area contributed by atoms with Crippen LogP contribution in [0.1, 0.15) is 44.8 Å². The van der Waals surface area contributed by atoms with Crippen LogP contribution in [0.4, 0.5) is 0 Å². The number of para-hydroxylation sites is 1. The molecule has 2 aliphatic heterocycles. The summed E-state index contributed by atoms with van der Waals surface area (Å²) >= 11 is 1.59. The van der Waals surface area contributed by atoms with Crippen molar-refractivity contribution < 1.29 is 9.53 Å². The molecule has 3 aromatic rings. The topological polar surface area (TPSA) is 45.3 Å². The van der Waals surface area contributed by atoms with Crippen LogP contribution in [0.3, 0.4) is 0 Å². The number of H-pyrrole nitrogens is 1. The maximum absolute atomic E-state index is 13.0. The summed E-state index contributed by atoms with van der Waals surface area (Å²) in [5.74, 6) is 0.144. The Hall–Kier alpha value is -2.11. The third-order valence-electron chi connectivity index (χ3n) is 5.25. The van der Waals surface area contributed by atoms with Gasteiger partial charge in [0.25, 0.3) is 5.91 Å². The fourth-order valence-electron chi connectivity index (χ4n) is 3.94. The van der Waals surface area contributed by atoms with E-state index in [9.17, 15) is 4.79 Å². The standard InChI is InChI=1S/C20H20N2O2S/c23-20(19-8-7-18(25-19)17-6-3-11-24-17)22-10-9-16-14(12-22)13-4-1-2-5-15(13)21-16/h1-2,4-5,7-8,17,21H,3,6,9-12H2. The maximum atomic E-state index is 13.0. The lowest BCUT2D eigenvalue weighted by Gasteiger charge is -2.26. The van der Waals surface area contributed by atoms with Crippen LogP contribution in [0.5, 0.6) is 0 Å². The molecule has 1 unspecified atom stereocenters. The van der Waals surface area contributed by atoms with Gasteiger partial charge in [-0.05, 0) is 31.0 Å². The number of carbonyl (C=O) groups excluding carboxylic acids is 1. The molecule has 25 heavy (non-hydrogen) atoms. The molecule has 128 valence electrons. The number of aromatic amines is 1. The highest BCUT2D eigenvalue weighted by Crippen LogP contribution is 2.34. The van der Waals surface area contributed by atoms with E-state index in [0.717, 1.165) is 37.3 Å². The molecule has 1 amide bonds. The number of fused-ring (bicyclic) bond motifs is 3. The molecule has 5 heteroatoms. The molecule has 1 aromatic carbocycles. The van der Waals surface area contributed by atoms with E-state index in [2.05, 4.69) is 29.2 Å². The third-order valence-corrected chi connectivity index (χ3v) is 6.42. The number of ether oxygens (including phenoxy) is 1. The molecular formula is C20H20N2O2S. The highest BCUT2D eigenvalue weighted by molar-refractivity contribution is 7.14. The van der Waals surface area contributed by atoms with E-state index in [1.165, 1.54) is 27.0 Å². The van der Waals surface area contributed by atoms with Crippen molar-refractivity contribution in [3.8, 4) is 0 Å². The summed E-state index contributed by atoms with van der Waals surface area (Å²) in [6.45, 7) is 2.29. The SMILES string of the molecule is O=C(c1ccc(C2CCCO2)s1)N1CCc2[nH]c3ccccc3c2C1. The lowest BCUT2D eigenvalue weighted by atomic mass is 10.0. The predicted molar refractivity (Wildman–Crippen MR) is 99.0 cm³/mol. The Morgan fingerprint density at radius 2 is 2.16 bits per heavy atom. The lowest BCUT2D eigenvalue weighted by molar-refractivity contribution is 0.0740. The van der Waals surface area contributed by atoms with E-state index in [1.54, 1.807) is 11.3 Å². The number of carbonyl (C=O) groups is 1. The van der Waals surface area contributed by atoms with Crippen molar-refractivity contribution in [3.63, 3.8) is 0 Å². The van der Waals surface area contributed by atoms with Crippen molar-refractivity contribution in [2.24, 2.45) is 0 Å². The van der Waals surface area contributed by atoms with Crippen molar-refractivity contribution in [2.75, 3.05) is 13.2 Å². The Morgan fingerprint density at radius 1 is 1.24 bits per heavy atom. The molecule has 4 heterocycles. The molecule has 0 saturated carbocycles. The molecule has 0 bridgehead atoms. The first-order chi connectivity index (χ1) is 12.3. The van der Waals surface area contributed by atoms with Crippen molar-refractivity contribution in [3.05, 3.63) is 57.4 Å². The van der Waals surface area contributed by atoms with Gasteiger partial charge in [0.1, 0.15) is 0 Å². The fraction of sp³-hybridized carbons (Fsp3) is 0.350. The zero-order valence-corrected chi connectivity index (χ0v) is 14.8. The zero-order valence-electron chi connectivity index (χ0n) is 14.0. The number of nitrogens with one attached hydrogen (secondary N) is 1. The van der Waals surface area contributed by atoms with Crippen LogP contribution >= 0.6 is 11.3 Å². The number of hydrogen-bond donors (Lipinski definition) is 1. The van der Waals surface area contributed by atoms with E-state index < -0.39 is 0 Å². The minimum absolute atomic E-state index is 0.144. The second-order valence-corrected chi connectivity index (χ2v) is 7.92. The Kier molecular flexibility index (Phi) is 3.64. The monoisotopic (exact) mass is 352 g/mol. The molecule has 1 fully saturated rings. The zero-order chi connectivity index (χ0) is 16.8. The van der Waals surface area contributed by atoms with Gasteiger partial charge in [0.05, 0.1) is 11.0 Å². The highest BCUT2D eigenvalue weighted by Gasteiger charge is 2.27. The van der Waals surface area contributed by atoms with Gasteiger partial charge >= 0.3 is 0 Å². The van der Waals surface area contributed by atoms with E-state index >= 15 is 0 Å². The van der Waals surface area contributed by atoms with Crippen LogP contribution < -0.4 is 0 Å². The quantitative estimate of drug-likeness (QED) is 0.748. The van der Waals surface area contributed by atoms with Crippen LogP contribution in [0, 0.1) is 0 Å². The second-order valence-electron chi connectivity index (χ2n) is 6.81. The minimum Gasteiger partial charge on any atom is -0.373 e. The van der Waals surface area contributed by atoms with Crippen molar-refractivity contribution in [1.82, 2.24) is 9.88 Å². The largest absolute Gasteiger partial charge is 0.373 e. The highest BCUT2D eigenvalue weighted by atomic mass is 32.1. The number of thiophene rings is 1. The van der Waals surface area contributed by atoms with Gasteiger partial charge in [0.2, 0.25) is 0 Å². The summed E-state index contributed by atoms with van der Waals surface area (Å²) in [5.41, 5.74) is 3.71. The van der Waals surface area contributed by atoms with Crippen molar-refractivity contribution in [1.29, 1.82) is 0 Å². The first-order valence-corrected chi connectivity index (χ1v) is 9.70. The average molecular weight is 352 g/mol. The molecule has 0 aliphatic carbocycles. The molecule has 2 aromatic heterocycles. The van der Waals surface area contributed by atoms with Gasteiger partial charge in [0, 0.05) is 53.2 Å². The summed E-state index contributed by atoms with van der Waals surface area (Å²) < 4.78 is 5.74. The van der Waals surface area contributed by atoms with Gasteiger partial charge in [0.15, 0.2) is 0 Å². The summed E-state index contributed by atoms with van der Waals surface area (Å²) in [6, 6.07) is 12.4. The molecule has 5 rings (SSSR count). The van der Waals surface area contributed by atoms with E-state index in [0.29, 0.717) is 6.54 Å². The lowest BCUT2D eigenvalue weighted by Crippen LogP contribution is -2.35. The number of nitrogens with zero attached hydrogens (tertiary/aromatic N) is 1. The van der Waals surface area contributed by atoms with Gasteiger partial charge in [-0.2, -0.15) is 0 Å². The fourth-order valence-corrected chi connectivity index (χ4v) is 5.00. The molecule has 1 N–H and O–H groups in total. The van der Waals surface area contributed by atoms with Gasteiger partial charge in [-0.15, -0.1) is 11.3 Å². The van der Waals surface area contributed by atoms with Crippen LogP contribution in [0.25, 0.3) is 10.9 Å². The van der Waals surface area contributed by atoms with Gasteiger partial charge in [-0.1, -0.05) is 18.2 Å². The summed E-state index contributed by atoms with van der Waals surface area (Å²) in [4.78, 5) is 20.5. The van der Waals surface area contributed by atoms with E-state index in [-0.39, 0.29) is 12.0 Å². The third kappa shape index (κ3) is 2.58. The Balaban J connectivity index is 1.40. The van der Waals surface area contributed by atoms with E-state index in [1.807, 2.05) is 17.0 Å². The van der Waals surface area contributed by atoms with Crippen LogP contribution in [0.15, 0.2) is 36.4 Å². The average Bonchev–Trinajstić information content (AvgIpc) is 3.38. The van der Waals surface area contributed by atoms with Crippen molar-refractivity contribution >= 4 is 28.1 Å². The minimum atomic E-state index is 0.144. The Labute approximate surface area is 150 Å². The maximum Gasteiger partial charge on any atom is 0.264 e. The van der Waals surface area contributed by atoms with Gasteiger partial charge in [-0.3, -0.25) is 4.79 Å². The summed E-state index contributed by atoms with van der Waals surface area (Å²) in [7, 11) is 0. The molecule has 0 radical (unpaired) electrons. The number of aromatic nitrogens is 1. The van der Waals surface area contributed by atoms with Crippen LogP contribution in [0.2, 0.25) is 0 Å². The number of hydrogen-bond acceptors (Lipinski definition) is 3. The van der Waals surface area contributed by atoms with Gasteiger partial charge < -0.3 is 14.6 Å². The Bertz CT molecular complexity index is 936. The predicted octanol–water partition coefficient (Wildman–Crippen LogP) is 4.28. The first-order valence-electron chi connectivity index (χ1n) is 8.88. The number of benzene rings is 1. The molecule has 1 atom stereocenters. The smallest absolute Gasteiger partial charge is 0.264 e. The first kappa shape index (κ1) is 15.2. The molecule has 4 nitrogen and oxygen atoms in total. The molecule has 1 saturated heterocycles. The summed E-state index contributed by atoms with van der Waals surface area (Å²) in [5, 5.41) is 1.24. The molecule has 2 aliphatic rings. The molecule has 0 spiro atoms.